The Hall–Kier alpha value is -0.900. The smallest absolute Gasteiger partial charge is 0.282 e. The number of rotatable bonds is 3. The van der Waals surface area contributed by atoms with Crippen LogP contribution in [0.2, 0.25) is 10.0 Å². The summed E-state index contributed by atoms with van der Waals surface area (Å²) in [6.45, 7) is 5.53. The van der Waals surface area contributed by atoms with Gasteiger partial charge in [-0.3, -0.25) is 4.79 Å². The van der Waals surface area contributed by atoms with Gasteiger partial charge in [-0.1, -0.05) is 23.2 Å². The number of nitrogens with zero attached hydrogens (tertiary/aromatic N) is 3. The minimum absolute atomic E-state index is 0.140. The number of carbonyl (C=O) groups excluding carboxylic acids is 1. The molecule has 3 rings (SSSR count). The summed E-state index contributed by atoms with van der Waals surface area (Å²) in [6.07, 6.45) is -0.281. The Morgan fingerprint density at radius 2 is 1.63 bits per heavy atom. The van der Waals surface area contributed by atoms with E-state index in [-0.39, 0.29) is 31.2 Å². The third-order valence-corrected chi connectivity index (χ3v) is 7.24. The van der Waals surface area contributed by atoms with Gasteiger partial charge in [0, 0.05) is 44.3 Å². The van der Waals surface area contributed by atoms with Gasteiger partial charge in [0.05, 0.1) is 22.8 Å². The lowest BCUT2D eigenvalue weighted by Crippen LogP contribution is -2.57. The van der Waals surface area contributed by atoms with E-state index < -0.39 is 10.2 Å². The predicted molar refractivity (Wildman–Crippen MR) is 104 cm³/mol. The van der Waals surface area contributed by atoms with Gasteiger partial charge in [-0.05, 0) is 32.0 Å². The van der Waals surface area contributed by atoms with Crippen LogP contribution in [-0.4, -0.2) is 79.3 Å². The number of piperazine rings is 1. The van der Waals surface area contributed by atoms with Crippen LogP contribution in [0.5, 0.6) is 0 Å². The van der Waals surface area contributed by atoms with Crippen molar-refractivity contribution in [3.05, 3.63) is 33.8 Å². The molecule has 1 aromatic carbocycles. The molecule has 1 amide bonds. The molecule has 2 heterocycles. The summed E-state index contributed by atoms with van der Waals surface area (Å²) >= 11 is 12.0. The zero-order valence-electron chi connectivity index (χ0n) is 15.3. The maximum absolute atomic E-state index is 12.9. The lowest BCUT2D eigenvalue weighted by atomic mass is 10.2. The third-order valence-electron chi connectivity index (χ3n) is 4.73. The van der Waals surface area contributed by atoms with Crippen LogP contribution in [0.15, 0.2) is 18.2 Å². The van der Waals surface area contributed by atoms with E-state index in [1.54, 1.807) is 17.0 Å². The second-order valence-corrected chi connectivity index (χ2v) is 9.67. The average molecular weight is 436 g/mol. The lowest BCUT2D eigenvalue weighted by Gasteiger charge is -2.40. The summed E-state index contributed by atoms with van der Waals surface area (Å²) in [5.74, 6) is -0.220. The molecule has 2 fully saturated rings. The Labute approximate surface area is 169 Å². The third kappa shape index (κ3) is 4.58. The summed E-state index contributed by atoms with van der Waals surface area (Å²) in [5.41, 5.74) is 0.369. The van der Waals surface area contributed by atoms with Crippen molar-refractivity contribution < 1.29 is 17.9 Å². The summed E-state index contributed by atoms with van der Waals surface area (Å²) in [5, 5.41) is 0.750. The lowest BCUT2D eigenvalue weighted by molar-refractivity contribution is -0.0457. The number of hydrogen-bond acceptors (Lipinski definition) is 4. The monoisotopic (exact) mass is 435 g/mol. The quantitative estimate of drug-likeness (QED) is 0.728. The number of amides is 1. The van der Waals surface area contributed by atoms with Crippen molar-refractivity contribution in [1.29, 1.82) is 0 Å². The summed E-state index contributed by atoms with van der Waals surface area (Å²) < 4.78 is 34.4. The molecule has 0 saturated carbocycles. The molecule has 0 unspecified atom stereocenters. The maximum Gasteiger partial charge on any atom is 0.282 e. The fourth-order valence-corrected chi connectivity index (χ4v) is 5.67. The first-order chi connectivity index (χ1) is 12.7. The molecule has 0 aromatic heterocycles. The Kier molecular flexibility index (Phi) is 6.34. The Morgan fingerprint density at radius 1 is 1.04 bits per heavy atom. The van der Waals surface area contributed by atoms with Gasteiger partial charge in [0.1, 0.15) is 0 Å². The molecule has 1 aromatic rings. The van der Waals surface area contributed by atoms with Crippen molar-refractivity contribution in [2.75, 3.05) is 39.3 Å². The number of ether oxygens (including phenoxy) is 1. The van der Waals surface area contributed by atoms with E-state index in [4.69, 9.17) is 27.9 Å². The summed E-state index contributed by atoms with van der Waals surface area (Å²) in [4.78, 5) is 14.3. The molecule has 2 saturated heterocycles. The molecule has 0 spiro atoms. The molecule has 2 aliphatic rings. The van der Waals surface area contributed by atoms with Gasteiger partial charge in [0.25, 0.3) is 16.1 Å². The molecule has 27 heavy (non-hydrogen) atoms. The molecule has 0 bridgehead atoms. The van der Waals surface area contributed by atoms with Crippen LogP contribution in [0.1, 0.15) is 24.2 Å². The minimum atomic E-state index is -3.57. The second-order valence-electron chi connectivity index (χ2n) is 6.90. The van der Waals surface area contributed by atoms with Crippen molar-refractivity contribution in [2.24, 2.45) is 0 Å². The van der Waals surface area contributed by atoms with Crippen LogP contribution >= 0.6 is 23.2 Å². The fourth-order valence-electron chi connectivity index (χ4n) is 3.44. The number of benzene rings is 1. The van der Waals surface area contributed by atoms with Gasteiger partial charge >= 0.3 is 0 Å². The molecule has 2 aliphatic heterocycles. The van der Waals surface area contributed by atoms with E-state index in [0.717, 1.165) is 0 Å². The van der Waals surface area contributed by atoms with Crippen LogP contribution in [0.25, 0.3) is 0 Å². The van der Waals surface area contributed by atoms with E-state index in [9.17, 15) is 13.2 Å². The van der Waals surface area contributed by atoms with Crippen molar-refractivity contribution in [1.82, 2.24) is 13.5 Å². The first-order valence-electron chi connectivity index (χ1n) is 8.83. The Bertz CT molecular complexity index is 802. The topological polar surface area (TPSA) is 70.2 Å². The molecule has 10 heteroatoms. The number of halogens is 2. The fraction of sp³-hybridized carbons (Fsp3) is 0.588. The Balaban J connectivity index is 1.65. The highest BCUT2D eigenvalue weighted by atomic mass is 35.5. The van der Waals surface area contributed by atoms with Crippen molar-refractivity contribution >= 4 is 39.3 Å². The van der Waals surface area contributed by atoms with Gasteiger partial charge in [-0.2, -0.15) is 17.0 Å². The summed E-state index contributed by atoms with van der Waals surface area (Å²) in [6, 6.07) is 4.73. The van der Waals surface area contributed by atoms with Gasteiger partial charge in [0.15, 0.2) is 0 Å². The van der Waals surface area contributed by atoms with E-state index >= 15 is 0 Å². The molecule has 2 atom stereocenters. The van der Waals surface area contributed by atoms with Crippen molar-refractivity contribution in [3.8, 4) is 0 Å². The maximum atomic E-state index is 12.9. The van der Waals surface area contributed by atoms with Gasteiger partial charge in [-0.15, -0.1) is 0 Å². The highest BCUT2D eigenvalue weighted by molar-refractivity contribution is 7.86. The summed E-state index contributed by atoms with van der Waals surface area (Å²) in [7, 11) is -3.57. The van der Waals surface area contributed by atoms with Gasteiger partial charge < -0.3 is 9.64 Å². The average Bonchev–Trinajstić information content (AvgIpc) is 2.60. The van der Waals surface area contributed by atoms with Gasteiger partial charge in [0.2, 0.25) is 0 Å². The first kappa shape index (κ1) is 20.8. The molecule has 0 N–H and O–H groups in total. The van der Waals surface area contributed by atoms with Crippen LogP contribution in [0, 0.1) is 0 Å². The van der Waals surface area contributed by atoms with Crippen LogP contribution in [0.4, 0.5) is 0 Å². The largest absolute Gasteiger partial charge is 0.373 e. The normalized spacial score (nSPS) is 25.6. The highest BCUT2D eigenvalue weighted by Gasteiger charge is 2.37. The standard InChI is InChI=1S/C17H23Cl2N3O4S/c1-12-10-22(11-13(2)26-12)27(24,25)21-7-5-20(6-8-21)17(23)15-4-3-14(18)9-16(15)19/h3-4,9,12-13H,5-8,10-11H2,1-2H3/t12-,13-/m0/s1. The van der Waals surface area contributed by atoms with Crippen LogP contribution < -0.4 is 0 Å². The first-order valence-corrected chi connectivity index (χ1v) is 11.0. The molecule has 7 nitrogen and oxygen atoms in total. The molecular formula is C17H23Cl2N3O4S. The van der Waals surface area contributed by atoms with E-state index in [1.807, 2.05) is 13.8 Å². The molecule has 0 radical (unpaired) electrons. The van der Waals surface area contributed by atoms with Crippen LogP contribution in [-0.2, 0) is 14.9 Å². The number of morpholine rings is 1. The van der Waals surface area contributed by atoms with Crippen molar-refractivity contribution in [3.63, 3.8) is 0 Å². The van der Waals surface area contributed by atoms with Crippen LogP contribution in [0.3, 0.4) is 0 Å². The van der Waals surface area contributed by atoms with Gasteiger partial charge in [-0.25, -0.2) is 0 Å². The number of carbonyl (C=O) groups is 1. The van der Waals surface area contributed by atoms with E-state index in [1.165, 1.54) is 14.7 Å². The SMILES string of the molecule is C[C@H]1CN(S(=O)(=O)N2CCN(C(=O)c3ccc(Cl)cc3Cl)CC2)C[C@H](C)O1. The molecule has 0 aliphatic carbocycles. The minimum Gasteiger partial charge on any atom is -0.373 e. The molecule has 150 valence electrons. The zero-order chi connectivity index (χ0) is 19.8. The highest BCUT2D eigenvalue weighted by Crippen LogP contribution is 2.24. The van der Waals surface area contributed by atoms with Crippen molar-refractivity contribution in [2.45, 2.75) is 26.1 Å². The second kappa shape index (κ2) is 8.23. The van der Waals surface area contributed by atoms with E-state index in [0.29, 0.717) is 41.8 Å². The number of hydrogen-bond donors (Lipinski definition) is 0. The molecular weight excluding hydrogens is 413 g/mol. The zero-order valence-corrected chi connectivity index (χ0v) is 17.6. The predicted octanol–water partition coefficient (Wildman–Crippen LogP) is 2.11. The Morgan fingerprint density at radius 3 is 2.19 bits per heavy atom. The van der Waals surface area contributed by atoms with E-state index in [2.05, 4.69) is 0 Å².